The Labute approximate surface area is 167 Å². The second-order valence-corrected chi connectivity index (χ2v) is 7.32. The van der Waals surface area contributed by atoms with Crippen LogP contribution in [0.3, 0.4) is 0 Å². The summed E-state index contributed by atoms with van der Waals surface area (Å²) in [4.78, 5) is 28.5. The van der Waals surface area contributed by atoms with E-state index < -0.39 is 0 Å². The lowest BCUT2D eigenvalue weighted by atomic mass is 10.0. The minimum Gasteiger partial charge on any atom is -0.493 e. The number of ether oxygens (including phenoxy) is 1. The van der Waals surface area contributed by atoms with Gasteiger partial charge in [0.2, 0.25) is 11.8 Å². The van der Waals surface area contributed by atoms with Crippen molar-refractivity contribution < 1.29 is 14.3 Å². The highest BCUT2D eigenvalue weighted by Gasteiger charge is 2.31. The summed E-state index contributed by atoms with van der Waals surface area (Å²) in [7, 11) is 0. The van der Waals surface area contributed by atoms with Crippen LogP contribution in [0.5, 0.6) is 5.75 Å². The molecule has 27 heavy (non-hydrogen) atoms. The molecule has 1 aromatic carbocycles. The van der Waals surface area contributed by atoms with Crippen molar-refractivity contribution >= 4 is 24.2 Å². The van der Waals surface area contributed by atoms with Gasteiger partial charge in [0, 0.05) is 32.2 Å². The van der Waals surface area contributed by atoms with Gasteiger partial charge in [-0.15, -0.1) is 12.4 Å². The first-order valence-corrected chi connectivity index (χ1v) is 9.52. The monoisotopic (exact) mass is 395 g/mol. The average Bonchev–Trinajstić information content (AvgIpc) is 2.61. The van der Waals surface area contributed by atoms with Crippen LogP contribution in [0.2, 0.25) is 0 Å². The number of nitrogens with one attached hydrogen (secondary N) is 1. The average molecular weight is 396 g/mol. The number of nitrogens with zero attached hydrogens (tertiary/aromatic N) is 2. The lowest BCUT2D eigenvalue weighted by Gasteiger charge is -2.41. The number of piperidine rings is 1. The van der Waals surface area contributed by atoms with Crippen LogP contribution in [0.25, 0.3) is 0 Å². The third-order valence-electron chi connectivity index (χ3n) is 5.10. The van der Waals surface area contributed by atoms with Crippen molar-refractivity contribution in [1.82, 2.24) is 15.1 Å². The molecule has 6 nitrogen and oxygen atoms in total. The first-order valence-electron chi connectivity index (χ1n) is 9.52. The molecular weight excluding hydrogens is 366 g/mol. The predicted molar refractivity (Wildman–Crippen MR) is 107 cm³/mol. The molecule has 1 atom stereocenters. The summed E-state index contributed by atoms with van der Waals surface area (Å²) < 4.78 is 5.77. The summed E-state index contributed by atoms with van der Waals surface area (Å²) in [6.07, 6.45) is 2.30. The highest BCUT2D eigenvalue weighted by Crippen LogP contribution is 2.19. The topological polar surface area (TPSA) is 61.9 Å². The molecule has 0 saturated carbocycles. The zero-order valence-corrected chi connectivity index (χ0v) is 17.0. The van der Waals surface area contributed by atoms with Crippen molar-refractivity contribution in [3.8, 4) is 5.75 Å². The van der Waals surface area contributed by atoms with Crippen LogP contribution in [-0.4, -0.2) is 67.0 Å². The van der Waals surface area contributed by atoms with E-state index in [2.05, 4.69) is 11.4 Å². The molecule has 7 heteroatoms. The minimum atomic E-state index is 0. The van der Waals surface area contributed by atoms with Gasteiger partial charge in [0.1, 0.15) is 5.75 Å². The van der Waals surface area contributed by atoms with E-state index in [1.165, 1.54) is 0 Å². The van der Waals surface area contributed by atoms with Gasteiger partial charge in [0.15, 0.2) is 0 Å². The molecule has 3 rings (SSSR count). The Morgan fingerprint density at radius 1 is 1.22 bits per heavy atom. The van der Waals surface area contributed by atoms with Gasteiger partial charge < -0.3 is 19.9 Å². The largest absolute Gasteiger partial charge is 0.493 e. The fourth-order valence-electron chi connectivity index (χ4n) is 3.87. The van der Waals surface area contributed by atoms with Crippen LogP contribution in [0.15, 0.2) is 18.2 Å². The van der Waals surface area contributed by atoms with E-state index in [0.29, 0.717) is 26.1 Å². The summed E-state index contributed by atoms with van der Waals surface area (Å²) in [5, 5.41) is 3.10. The maximum atomic E-state index is 12.6. The predicted octanol–water partition coefficient (Wildman–Crippen LogP) is 1.92. The van der Waals surface area contributed by atoms with Gasteiger partial charge in [-0.1, -0.05) is 6.07 Å². The molecule has 2 saturated heterocycles. The van der Waals surface area contributed by atoms with Crippen LogP contribution in [0.4, 0.5) is 0 Å². The van der Waals surface area contributed by atoms with Crippen LogP contribution < -0.4 is 10.1 Å². The number of halogens is 1. The molecule has 0 aliphatic carbocycles. The fourth-order valence-corrected chi connectivity index (χ4v) is 3.87. The van der Waals surface area contributed by atoms with Crippen molar-refractivity contribution in [1.29, 1.82) is 0 Å². The zero-order chi connectivity index (χ0) is 18.5. The molecule has 0 spiro atoms. The number of hydrogen-bond acceptors (Lipinski definition) is 4. The fraction of sp³-hybridized carbons (Fsp3) is 0.600. The molecule has 2 heterocycles. The van der Waals surface area contributed by atoms with Crippen LogP contribution in [0.1, 0.15) is 30.4 Å². The Morgan fingerprint density at radius 3 is 2.67 bits per heavy atom. The molecule has 150 valence electrons. The molecule has 1 unspecified atom stereocenters. The van der Waals surface area contributed by atoms with E-state index in [4.69, 9.17) is 4.74 Å². The van der Waals surface area contributed by atoms with Gasteiger partial charge in [-0.2, -0.15) is 0 Å². The maximum Gasteiger partial charge on any atom is 0.236 e. The van der Waals surface area contributed by atoms with E-state index in [1.807, 2.05) is 35.8 Å². The van der Waals surface area contributed by atoms with E-state index in [-0.39, 0.29) is 30.3 Å². The van der Waals surface area contributed by atoms with Crippen molar-refractivity contribution in [3.05, 3.63) is 29.3 Å². The van der Waals surface area contributed by atoms with Crippen LogP contribution in [0, 0.1) is 13.8 Å². The van der Waals surface area contributed by atoms with Crippen molar-refractivity contribution in [2.75, 3.05) is 39.3 Å². The van der Waals surface area contributed by atoms with Gasteiger partial charge in [-0.25, -0.2) is 0 Å². The standard InChI is InChI=1S/C20H29N3O3.ClH/c1-15-10-16(2)12-18(11-15)26-9-5-19(24)22-7-3-4-17(14-22)23-8-6-21-13-20(23)25;/h10-12,17,21H,3-9,13-14H2,1-2H3;1H. The summed E-state index contributed by atoms with van der Waals surface area (Å²) in [5.41, 5.74) is 2.32. The number of piperazine rings is 1. The number of likely N-dealkylation sites (tertiary alicyclic amines) is 1. The summed E-state index contributed by atoms with van der Waals surface area (Å²) >= 11 is 0. The third-order valence-corrected chi connectivity index (χ3v) is 5.10. The molecule has 1 aromatic rings. The first kappa shape index (κ1) is 21.5. The molecule has 0 aromatic heterocycles. The lowest BCUT2D eigenvalue weighted by Crippen LogP contribution is -2.57. The van der Waals surface area contributed by atoms with E-state index in [0.717, 1.165) is 49.4 Å². The molecule has 0 bridgehead atoms. The number of benzene rings is 1. The van der Waals surface area contributed by atoms with Crippen LogP contribution in [-0.2, 0) is 9.59 Å². The molecule has 2 fully saturated rings. The Balaban J connectivity index is 0.00000261. The number of aryl methyl sites for hydroxylation is 2. The van der Waals surface area contributed by atoms with Crippen molar-refractivity contribution in [2.45, 2.75) is 39.2 Å². The van der Waals surface area contributed by atoms with E-state index >= 15 is 0 Å². The van der Waals surface area contributed by atoms with E-state index in [1.54, 1.807) is 0 Å². The SMILES string of the molecule is Cc1cc(C)cc(OCCC(=O)N2CCCC(N3CCNCC3=O)C2)c1.Cl. The molecule has 2 aliphatic heterocycles. The minimum absolute atomic E-state index is 0. The van der Waals surface area contributed by atoms with Gasteiger partial charge >= 0.3 is 0 Å². The lowest BCUT2D eigenvalue weighted by molar-refractivity contribution is -0.140. The summed E-state index contributed by atoms with van der Waals surface area (Å²) in [6.45, 7) is 7.87. The van der Waals surface area contributed by atoms with Gasteiger partial charge in [-0.05, 0) is 49.9 Å². The maximum absolute atomic E-state index is 12.6. The number of rotatable bonds is 5. The zero-order valence-electron chi connectivity index (χ0n) is 16.2. The molecule has 2 aliphatic rings. The second kappa shape index (κ2) is 9.95. The van der Waals surface area contributed by atoms with Gasteiger partial charge in [0.25, 0.3) is 0 Å². The molecular formula is C20H30ClN3O3. The Kier molecular flexibility index (Phi) is 7.92. The number of carbonyl (C=O) groups is 2. The van der Waals surface area contributed by atoms with E-state index in [9.17, 15) is 9.59 Å². The molecule has 2 amide bonds. The van der Waals surface area contributed by atoms with Gasteiger partial charge in [0.05, 0.1) is 19.6 Å². The van der Waals surface area contributed by atoms with Crippen LogP contribution >= 0.6 is 12.4 Å². The molecule has 1 N–H and O–H groups in total. The second-order valence-electron chi connectivity index (χ2n) is 7.32. The summed E-state index contributed by atoms with van der Waals surface area (Å²) in [5.74, 6) is 1.08. The third kappa shape index (κ3) is 5.84. The van der Waals surface area contributed by atoms with Crippen molar-refractivity contribution in [2.24, 2.45) is 0 Å². The number of amides is 2. The highest BCUT2D eigenvalue weighted by atomic mass is 35.5. The van der Waals surface area contributed by atoms with Gasteiger partial charge in [-0.3, -0.25) is 9.59 Å². The quantitative estimate of drug-likeness (QED) is 0.827. The number of hydrogen-bond donors (Lipinski definition) is 1. The molecule has 0 radical (unpaired) electrons. The Morgan fingerprint density at radius 2 is 1.96 bits per heavy atom. The van der Waals surface area contributed by atoms with Crippen molar-refractivity contribution in [3.63, 3.8) is 0 Å². The highest BCUT2D eigenvalue weighted by molar-refractivity contribution is 5.85. The normalized spacial score (nSPS) is 20.2. The first-order chi connectivity index (χ1) is 12.5. The Hall–Kier alpha value is -1.79. The number of carbonyl (C=O) groups excluding carboxylic acids is 2. The smallest absolute Gasteiger partial charge is 0.236 e. The summed E-state index contributed by atoms with van der Waals surface area (Å²) in [6, 6.07) is 6.24. The Bertz CT molecular complexity index is 648.